The molecule has 2 aliphatic rings. The normalized spacial score (nSPS) is 20.1. The summed E-state index contributed by atoms with van der Waals surface area (Å²) in [4.78, 5) is 8.03. The highest BCUT2D eigenvalue weighted by Gasteiger charge is 2.41. The first-order valence-electron chi connectivity index (χ1n) is 5.78. The molecule has 0 atom stereocenters. The summed E-state index contributed by atoms with van der Waals surface area (Å²) < 4.78 is 0. The van der Waals surface area contributed by atoms with Gasteiger partial charge in [-0.1, -0.05) is 11.6 Å². The molecule has 0 spiro atoms. The van der Waals surface area contributed by atoms with Crippen molar-refractivity contribution in [1.29, 1.82) is 0 Å². The predicted octanol–water partition coefficient (Wildman–Crippen LogP) is 2.31. The Kier molecular flexibility index (Phi) is 2.39. The number of nitrogens with one attached hydrogen (secondary N) is 1. The molecule has 86 valence electrons. The number of hydrogen-bond acceptors (Lipinski definition) is 4. The molecule has 3 rings (SSSR count). The van der Waals surface area contributed by atoms with Gasteiger partial charge >= 0.3 is 0 Å². The van der Waals surface area contributed by atoms with Crippen LogP contribution in [0.3, 0.4) is 0 Å². The molecule has 0 unspecified atom stereocenters. The molecule has 0 aromatic carbocycles. The van der Waals surface area contributed by atoms with Crippen LogP contribution >= 0.6 is 11.6 Å². The van der Waals surface area contributed by atoms with Gasteiger partial charge in [-0.15, -0.1) is 0 Å². The number of nitrogens with zero attached hydrogens (tertiary/aromatic N) is 2. The zero-order chi connectivity index (χ0) is 11.1. The minimum absolute atomic E-state index is 0.351. The van der Waals surface area contributed by atoms with E-state index in [0.29, 0.717) is 22.7 Å². The Balaban J connectivity index is 1.78. The Morgan fingerprint density at radius 1 is 1.25 bits per heavy atom. The highest BCUT2D eigenvalue weighted by molar-refractivity contribution is 6.35. The average Bonchev–Trinajstić information content (AvgIpc) is 3.15. The van der Waals surface area contributed by atoms with Crippen molar-refractivity contribution in [3.8, 4) is 0 Å². The molecule has 1 heterocycles. The number of halogens is 1. The third kappa shape index (κ3) is 1.94. The number of hydrogen-bond donors (Lipinski definition) is 2. The van der Waals surface area contributed by atoms with Gasteiger partial charge < -0.3 is 11.1 Å². The average molecular weight is 239 g/mol. The van der Waals surface area contributed by atoms with Crippen LogP contribution in [0.2, 0.25) is 5.02 Å². The van der Waals surface area contributed by atoms with Crippen molar-refractivity contribution in [3.05, 3.63) is 11.3 Å². The van der Waals surface area contributed by atoms with Crippen LogP contribution in [0.4, 0.5) is 11.6 Å². The van der Waals surface area contributed by atoms with Gasteiger partial charge in [0.15, 0.2) is 5.82 Å². The molecule has 2 saturated carbocycles. The van der Waals surface area contributed by atoms with E-state index < -0.39 is 0 Å². The lowest BCUT2D eigenvalue weighted by molar-refractivity contribution is 0.565. The van der Waals surface area contributed by atoms with Crippen molar-refractivity contribution in [2.24, 2.45) is 11.8 Å². The van der Waals surface area contributed by atoms with Crippen molar-refractivity contribution in [3.63, 3.8) is 0 Å². The predicted molar refractivity (Wildman–Crippen MR) is 64.3 cm³/mol. The fraction of sp³-hybridized carbons (Fsp3) is 0.636. The molecule has 16 heavy (non-hydrogen) atoms. The second-order valence-electron chi connectivity index (χ2n) is 4.77. The van der Waals surface area contributed by atoms with Crippen LogP contribution in [-0.2, 0) is 0 Å². The quantitative estimate of drug-likeness (QED) is 0.845. The maximum Gasteiger partial charge on any atom is 0.150 e. The van der Waals surface area contributed by atoms with Gasteiger partial charge in [0.2, 0.25) is 0 Å². The van der Waals surface area contributed by atoms with Crippen LogP contribution in [-0.4, -0.2) is 16.0 Å². The summed E-state index contributed by atoms with van der Waals surface area (Å²) in [5.74, 6) is 2.65. The molecule has 2 fully saturated rings. The van der Waals surface area contributed by atoms with Gasteiger partial charge in [0.05, 0.1) is 0 Å². The first-order valence-corrected chi connectivity index (χ1v) is 6.16. The minimum atomic E-state index is 0.351. The minimum Gasteiger partial charge on any atom is -0.382 e. The van der Waals surface area contributed by atoms with Gasteiger partial charge in [-0.05, 0) is 37.5 Å². The van der Waals surface area contributed by atoms with Crippen LogP contribution in [0.15, 0.2) is 6.33 Å². The third-order valence-corrected chi connectivity index (χ3v) is 3.75. The topological polar surface area (TPSA) is 63.8 Å². The largest absolute Gasteiger partial charge is 0.382 e. The maximum absolute atomic E-state index is 6.07. The Morgan fingerprint density at radius 2 is 1.88 bits per heavy atom. The molecule has 0 bridgehead atoms. The number of aromatic nitrogens is 2. The number of rotatable bonds is 4. The van der Waals surface area contributed by atoms with Crippen LogP contribution in [0, 0.1) is 11.8 Å². The van der Waals surface area contributed by atoms with Crippen LogP contribution in [0.1, 0.15) is 25.7 Å². The van der Waals surface area contributed by atoms with Crippen molar-refractivity contribution >= 4 is 23.2 Å². The Morgan fingerprint density at radius 3 is 2.44 bits per heavy atom. The number of nitrogens with two attached hydrogens (primary N) is 1. The van der Waals surface area contributed by atoms with Gasteiger partial charge in [-0.25, -0.2) is 9.97 Å². The fourth-order valence-electron chi connectivity index (χ4n) is 2.17. The van der Waals surface area contributed by atoms with Crippen molar-refractivity contribution in [2.75, 3.05) is 11.1 Å². The summed E-state index contributed by atoms with van der Waals surface area (Å²) in [5, 5.41) is 3.90. The molecular weight excluding hydrogens is 224 g/mol. The second kappa shape index (κ2) is 3.77. The molecule has 4 nitrogen and oxygen atoms in total. The van der Waals surface area contributed by atoms with Crippen molar-refractivity contribution in [1.82, 2.24) is 9.97 Å². The lowest BCUT2D eigenvalue weighted by Gasteiger charge is -2.19. The zero-order valence-electron chi connectivity index (χ0n) is 8.99. The highest BCUT2D eigenvalue weighted by atomic mass is 35.5. The molecule has 2 aliphatic carbocycles. The smallest absolute Gasteiger partial charge is 0.150 e. The van der Waals surface area contributed by atoms with Crippen molar-refractivity contribution < 1.29 is 0 Å². The summed E-state index contributed by atoms with van der Waals surface area (Å²) >= 11 is 6.07. The molecule has 1 aromatic rings. The molecule has 3 N–H and O–H groups in total. The van der Waals surface area contributed by atoms with E-state index in [1.807, 2.05) is 0 Å². The fourth-order valence-corrected chi connectivity index (χ4v) is 2.33. The monoisotopic (exact) mass is 238 g/mol. The summed E-state index contributed by atoms with van der Waals surface area (Å²) in [5.41, 5.74) is 5.66. The molecule has 0 radical (unpaired) electrons. The van der Waals surface area contributed by atoms with Gasteiger partial charge in [0.1, 0.15) is 17.2 Å². The van der Waals surface area contributed by atoms with E-state index in [-0.39, 0.29) is 0 Å². The van der Waals surface area contributed by atoms with E-state index in [4.69, 9.17) is 17.3 Å². The molecule has 1 aromatic heterocycles. The Labute approximate surface area is 99.6 Å². The lowest BCUT2D eigenvalue weighted by Crippen LogP contribution is -2.25. The zero-order valence-corrected chi connectivity index (χ0v) is 9.74. The molecule has 0 amide bonds. The molecule has 5 heteroatoms. The maximum atomic E-state index is 6.07. The van der Waals surface area contributed by atoms with Gasteiger partial charge in [0.25, 0.3) is 0 Å². The van der Waals surface area contributed by atoms with E-state index in [9.17, 15) is 0 Å². The summed E-state index contributed by atoms with van der Waals surface area (Å²) in [6.07, 6.45) is 6.76. The number of nitrogen functional groups attached to an aromatic ring is 1. The van der Waals surface area contributed by atoms with E-state index >= 15 is 0 Å². The van der Waals surface area contributed by atoms with E-state index in [1.54, 1.807) is 0 Å². The first-order chi connectivity index (χ1) is 7.75. The standard InChI is InChI=1S/C11H15ClN4/c12-8-10(13)14-5-15-11(8)16-9(6-1-2-6)7-3-4-7/h5-7,9H,1-4H2,(H3,13,14,15,16). The summed E-state index contributed by atoms with van der Waals surface area (Å²) in [6, 6.07) is 0.534. The molecular formula is C11H15ClN4. The first kappa shape index (κ1) is 10.1. The van der Waals surface area contributed by atoms with Gasteiger partial charge in [0, 0.05) is 6.04 Å². The molecule has 0 saturated heterocycles. The summed E-state index contributed by atoms with van der Waals surface area (Å²) in [6.45, 7) is 0. The van der Waals surface area contributed by atoms with Crippen LogP contribution < -0.4 is 11.1 Å². The Bertz CT molecular complexity index is 389. The number of anilines is 2. The lowest BCUT2D eigenvalue weighted by atomic mass is 10.1. The van der Waals surface area contributed by atoms with E-state index in [0.717, 1.165) is 11.8 Å². The SMILES string of the molecule is Nc1ncnc(NC(C2CC2)C2CC2)c1Cl. The second-order valence-corrected chi connectivity index (χ2v) is 5.14. The Hall–Kier alpha value is -1.03. The highest BCUT2D eigenvalue weighted by Crippen LogP contribution is 2.46. The van der Waals surface area contributed by atoms with E-state index in [1.165, 1.54) is 32.0 Å². The van der Waals surface area contributed by atoms with Crippen LogP contribution in [0.25, 0.3) is 0 Å². The van der Waals surface area contributed by atoms with Gasteiger partial charge in [-0.2, -0.15) is 0 Å². The van der Waals surface area contributed by atoms with E-state index in [2.05, 4.69) is 15.3 Å². The molecule has 0 aliphatic heterocycles. The third-order valence-electron chi connectivity index (χ3n) is 3.38. The van der Waals surface area contributed by atoms with Crippen LogP contribution in [0.5, 0.6) is 0 Å². The summed E-state index contributed by atoms with van der Waals surface area (Å²) in [7, 11) is 0. The van der Waals surface area contributed by atoms with Gasteiger partial charge in [-0.3, -0.25) is 0 Å². The van der Waals surface area contributed by atoms with Crippen molar-refractivity contribution in [2.45, 2.75) is 31.7 Å².